The van der Waals surface area contributed by atoms with Crippen molar-refractivity contribution in [3.63, 3.8) is 0 Å². The number of amides is 1. The Morgan fingerprint density at radius 1 is 1.39 bits per heavy atom. The van der Waals surface area contributed by atoms with E-state index in [4.69, 9.17) is 16.7 Å². The molecule has 7 heteroatoms. The predicted molar refractivity (Wildman–Crippen MR) is 88.4 cm³/mol. The summed E-state index contributed by atoms with van der Waals surface area (Å²) >= 11 is 5.85. The first-order valence-electron chi connectivity index (χ1n) is 7.14. The number of hydrogen-bond donors (Lipinski definition) is 3. The van der Waals surface area contributed by atoms with Gasteiger partial charge in [-0.25, -0.2) is 9.37 Å². The molecule has 3 N–H and O–H groups in total. The first-order valence-corrected chi connectivity index (χ1v) is 7.51. The molecule has 1 atom stereocenters. The van der Waals surface area contributed by atoms with Crippen LogP contribution < -0.4 is 10.6 Å². The molecule has 5 nitrogen and oxygen atoms in total. The maximum atomic E-state index is 13.7. The van der Waals surface area contributed by atoms with Crippen LogP contribution in [0.3, 0.4) is 0 Å². The van der Waals surface area contributed by atoms with Crippen molar-refractivity contribution >= 4 is 29.0 Å². The van der Waals surface area contributed by atoms with Crippen LogP contribution in [0.5, 0.6) is 0 Å². The average Bonchev–Trinajstić information content (AvgIpc) is 2.54. The predicted octanol–water partition coefficient (Wildman–Crippen LogP) is 3.31. The van der Waals surface area contributed by atoms with Crippen LogP contribution in [0.25, 0.3) is 0 Å². The van der Waals surface area contributed by atoms with Crippen molar-refractivity contribution in [2.45, 2.75) is 19.4 Å². The van der Waals surface area contributed by atoms with Crippen LogP contribution >= 0.6 is 11.6 Å². The maximum Gasteiger partial charge on any atom is 0.260 e. The number of hydrogen-bond acceptors (Lipinski definition) is 4. The van der Waals surface area contributed by atoms with E-state index in [1.165, 1.54) is 24.4 Å². The molecule has 2 rings (SSSR count). The van der Waals surface area contributed by atoms with Gasteiger partial charge in [-0.2, -0.15) is 0 Å². The van der Waals surface area contributed by atoms with Crippen LogP contribution in [0, 0.1) is 5.82 Å². The summed E-state index contributed by atoms with van der Waals surface area (Å²) < 4.78 is 13.7. The zero-order valence-corrected chi connectivity index (χ0v) is 13.3. The smallest absolute Gasteiger partial charge is 0.260 e. The summed E-state index contributed by atoms with van der Waals surface area (Å²) in [7, 11) is 0. The molecule has 0 aliphatic heterocycles. The number of halogens is 2. The highest BCUT2D eigenvalue weighted by Crippen LogP contribution is 2.20. The van der Waals surface area contributed by atoms with Gasteiger partial charge in [-0.05, 0) is 30.7 Å². The van der Waals surface area contributed by atoms with Crippen LogP contribution in [0.4, 0.5) is 15.9 Å². The quantitative estimate of drug-likeness (QED) is 0.756. The molecule has 0 aliphatic carbocycles. The molecule has 0 saturated carbocycles. The lowest BCUT2D eigenvalue weighted by atomic mass is 10.2. The van der Waals surface area contributed by atoms with Crippen LogP contribution in [0.2, 0.25) is 5.02 Å². The lowest BCUT2D eigenvalue weighted by molar-refractivity contribution is 0.102. The fourth-order valence-corrected chi connectivity index (χ4v) is 2.20. The molecule has 0 spiro atoms. The Labute approximate surface area is 138 Å². The molecule has 1 aromatic carbocycles. The molecule has 0 saturated heterocycles. The molecular weight excluding hydrogens is 321 g/mol. The van der Waals surface area contributed by atoms with Gasteiger partial charge < -0.3 is 15.7 Å². The Balaban J connectivity index is 2.07. The minimum absolute atomic E-state index is 0.00243. The van der Waals surface area contributed by atoms with E-state index in [1.807, 2.05) is 6.92 Å². The second kappa shape index (κ2) is 7.89. The third-order valence-electron chi connectivity index (χ3n) is 3.28. The summed E-state index contributed by atoms with van der Waals surface area (Å²) in [5.74, 6) is -0.750. The van der Waals surface area contributed by atoms with Crippen molar-refractivity contribution in [1.82, 2.24) is 4.98 Å². The fraction of sp³-hybridized carbons (Fsp3) is 0.250. The zero-order chi connectivity index (χ0) is 16.8. The summed E-state index contributed by atoms with van der Waals surface area (Å²) in [5, 5.41) is 14.8. The lowest BCUT2D eigenvalue weighted by Crippen LogP contribution is -2.23. The Bertz CT molecular complexity index is 655. The first kappa shape index (κ1) is 17.2. The van der Waals surface area contributed by atoms with Crippen molar-refractivity contribution in [2.24, 2.45) is 0 Å². The number of aromatic nitrogens is 1. The zero-order valence-electron chi connectivity index (χ0n) is 12.5. The number of carbonyl (C=O) groups excluding carboxylic acids is 1. The third kappa shape index (κ3) is 4.40. The van der Waals surface area contributed by atoms with Gasteiger partial charge in [-0.15, -0.1) is 0 Å². The Hall–Kier alpha value is -2.18. The minimum atomic E-state index is -0.685. The van der Waals surface area contributed by atoms with Crippen molar-refractivity contribution in [1.29, 1.82) is 0 Å². The summed E-state index contributed by atoms with van der Waals surface area (Å²) in [6, 6.07) is 7.27. The van der Waals surface area contributed by atoms with Gasteiger partial charge in [0.25, 0.3) is 5.91 Å². The number of aliphatic hydroxyl groups is 1. The molecule has 2 aromatic rings. The van der Waals surface area contributed by atoms with Gasteiger partial charge in [0.2, 0.25) is 0 Å². The number of anilines is 2. The van der Waals surface area contributed by atoms with Crippen LogP contribution in [0.1, 0.15) is 23.7 Å². The van der Waals surface area contributed by atoms with Gasteiger partial charge in [0, 0.05) is 0 Å². The summed E-state index contributed by atoms with van der Waals surface area (Å²) in [6.07, 6.45) is 2.20. The van der Waals surface area contributed by atoms with Crippen LogP contribution in [0.15, 0.2) is 36.5 Å². The van der Waals surface area contributed by atoms with Crippen molar-refractivity contribution < 1.29 is 14.3 Å². The molecule has 0 fully saturated rings. The molecule has 1 heterocycles. The maximum absolute atomic E-state index is 13.7. The minimum Gasteiger partial charge on any atom is -0.394 e. The van der Waals surface area contributed by atoms with E-state index in [9.17, 15) is 9.18 Å². The molecule has 0 bridgehead atoms. The summed E-state index contributed by atoms with van der Waals surface area (Å²) in [6.45, 7) is 1.95. The number of nitrogens with zero attached hydrogens (tertiary/aromatic N) is 1. The topological polar surface area (TPSA) is 74.2 Å². The van der Waals surface area contributed by atoms with E-state index in [0.29, 0.717) is 11.5 Å². The number of aliphatic hydroxyl groups excluding tert-OH is 1. The molecule has 1 unspecified atom stereocenters. The van der Waals surface area contributed by atoms with Crippen molar-refractivity contribution in [3.05, 3.63) is 52.9 Å². The van der Waals surface area contributed by atoms with E-state index in [2.05, 4.69) is 15.6 Å². The van der Waals surface area contributed by atoms with E-state index in [1.54, 1.807) is 12.1 Å². The highest BCUT2D eigenvalue weighted by Gasteiger charge is 2.16. The largest absolute Gasteiger partial charge is 0.394 e. The normalized spacial score (nSPS) is 11.8. The number of nitrogens with one attached hydrogen (secondary N) is 2. The fourth-order valence-electron chi connectivity index (χ4n) is 1.95. The van der Waals surface area contributed by atoms with Crippen molar-refractivity contribution in [3.8, 4) is 0 Å². The molecule has 122 valence electrons. The number of benzene rings is 1. The van der Waals surface area contributed by atoms with Crippen molar-refractivity contribution in [2.75, 3.05) is 17.2 Å². The number of pyridine rings is 1. The average molecular weight is 338 g/mol. The standard InChI is InChI=1S/C16H17ClFN3O2/c1-2-10(9-22)20-14-7-6-11(8-19-14)21-16(23)15-12(17)4-3-5-13(15)18/h3-8,10,22H,2,9H2,1H3,(H,19,20)(H,21,23). The Kier molecular flexibility index (Phi) is 5.90. The lowest BCUT2D eigenvalue weighted by Gasteiger charge is -2.15. The molecule has 23 heavy (non-hydrogen) atoms. The monoisotopic (exact) mass is 337 g/mol. The van der Waals surface area contributed by atoms with Gasteiger partial charge in [-0.3, -0.25) is 4.79 Å². The molecule has 1 aromatic heterocycles. The van der Waals surface area contributed by atoms with Gasteiger partial charge in [0.15, 0.2) is 0 Å². The highest BCUT2D eigenvalue weighted by molar-refractivity contribution is 6.34. The van der Waals surface area contributed by atoms with Gasteiger partial charge in [0.05, 0.1) is 35.1 Å². The third-order valence-corrected chi connectivity index (χ3v) is 3.59. The highest BCUT2D eigenvalue weighted by atomic mass is 35.5. The van der Waals surface area contributed by atoms with Gasteiger partial charge >= 0.3 is 0 Å². The van der Waals surface area contributed by atoms with Crippen LogP contribution in [-0.4, -0.2) is 28.6 Å². The van der Waals surface area contributed by atoms with E-state index >= 15 is 0 Å². The SMILES string of the molecule is CCC(CO)Nc1ccc(NC(=O)c2c(F)cccc2Cl)cn1. The first-order chi connectivity index (χ1) is 11.0. The molecule has 1 amide bonds. The number of rotatable bonds is 6. The van der Waals surface area contributed by atoms with E-state index in [-0.39, 0.29) is 23.2 Å². The van der Waals surface area contributed by atoms with E-state index in [0.717, 1.165) is 6.42 Å². The molecular formula is C16H17ClFN3O2. The van der Waals surface area contributed by atoms with E-state index < -0.39 is 11.7 Å². The molecule has 0 radical (unpaired) electrons. The summed E-state index contributed by atoms with van der Waals surface area (Å²) in [4.78, 5) is 16.2. The Morgan fingerprint density at radius 2 is 2.17 bits per heavy atom. The Morgan fingerprint density at radius 3 is 2.74 bits per heavy atom. The second-order valence-electron chi connectivity index (χ2n) is 4.91. The van der Waals surface area contributed by atoms with Gasteiger partial charge in [0.1, 0.15) is 11.6 Å². The molecule has 0 aliphatic rings. The number of carbonyl (C=O) groups is 1. The second-order valence-corrected chi connectivity index (χ2v) is 5.32. The van der Waals surface area contributed by atoms with Crippen LogP contribution in [-0.2, 0) is 0 Å². The van der Waals surface area contributed by atoms with Gasteiger partial charge in [-0.1, -0.05) is 24.6 Å². The summed E-state index contributed by atoms with van der Waals surface area (Å²) in [5.41, 5.74) is 0.208.